The van der Waals surface area contributed by atoms with Crippen molar-refractivity contribution in [1.82, 2.24) is 0 Å². The van der Waals surface area contributed by atoms with Crippen molar-refractivity contribution in [3.05, 3.63) is 63.9 Å². The van der Waals surface area contributed by atoms with Gasteiger partial charge in [-0.25, -0.2) is 4.39 Å². The van der Waals surface area contributed by atoms with E-state index in [9.17, 15) is 9.50 Å². The normalized spacial score (nSPS) is 15.3. The maximum Gasteiger partial charge on any atom is 0.124 e. The summed E-state index contributed by atoms with van der Waals surface area (Å²) < 4.78 is 18.6. The van der Waals surface area contributed by atoms with Crippen LogP contribution in [0, 0.1) is 5.82 Å². The van der Waals surface area contributed by atoms with Crippen molar-refractivity contribution >= 4 is 11.6 Å². The Hall–Kier alpha value is -1.58. The highest BCUT2D eigenvalue weighted by Crippen LogP contribution is 2.32. The first-order valence-electron chi connectivity index (χ1n) is 6.54. The molecule has 2 nitrogen and oxygen atoms in total. The van der Waals surface area contributed by atoms with Gasteiger partial charge in [-0.2, -0.15) is 0 Å². The van der Waals surface area contributed by atoms with E-state index in [-0.39, 0.29) is 5.02 Å². The molecule has 0 spiro atoms. The van der Waals surface area contributed by atoms with E-state index in [2.05, 4.69) is 0 Å². The van der Waals surface area contributed by atoms with Gasteiger partial charge in [-0.3, -0.25) is 0 Å². The van der Waals surface area contributed by atoms with Crippen molar-refractivity contribution in [2.24, 2.45) is 0 Å². The smallest absolute Gasteiger partial charge is 0.124 e. The van der Waals surface area contributed by atoms with E-state index in [1.54, 1.807) is 0 Å². The molecule has 0 bridgehead atoms. The second-order valence-electron chi connectivity index (χ2n) is 4.89. The average molecular weight is 293 g/mol. The Bertz CT molecular complexity index is 642. The molecule has 1 aliphatic rings. The zero-order valence-electron chi connectivity index (χ0n) is 10.8. The number of hydrogen-bond donors (Lipinski definition) is 1. The van der Waals surface area contributed by atoms with Gasteiger partial charge < -0.3 is 9.84 Å². The fourth-order valence-corrected chi connectivity index (χ4v) is 2.72. The van der Waals surface area contributed by atoms with Crippen LogP contribution in [-0.2, 0) is 6.42 Å². The van der Waals surface area contributed by atoms with Crippen LogP contribution in [0.1, 0.15) is 29.2 Å². The van der Waals surface area contributed by atoms with Crippen molar-refractivity contribution in [3.63, 3.8) is 0 Å². The summed E-state index contributed by atoms with van der Waals surface area (Å²) in [7, 11) is 0. The highest BCUT2D eigenvalue weighted by molar-refractivity contribution is 6.31. The quantitative estimate of drug-likeness (QED) is 0.910. The van der Waals surface area contributed by atoms with Crippen LogP contribution in [0.15, 0.2) is 36.4 Å². The number of halogens is 2. The van der Waals surface area contributed by atoms with E-state index < -0.39 is 11.9 Å². The summed E-state index contributed by atoms with van der Waals surface area (Å²) in [6.45, 7) is 0.735. The lowest BCUT2D eigenvalue weighted by molar-refractivity contribution is 0.219. The van der Waals surface area contributed by atoms with Gasteiger partial charge in [0, 0.05) is 10.6 Å². The predicted molar refractivity (Wildman–Crippen MR) is 75.7 cm³/mol. The lowest BCUT2D eigenvalue weighted by Crippen LogP contribution is -2.09. The molecule has 0 radical (unpaired) electrons. The summed E-state index contributed by atoms with van der Waals surface area (Å²) >= 11 is 5.99. The highest BCUT2D eigenvalue weighted by atomic mass is 35.5. The van der Waals surface area contributed by atoms with Gasteiger partial charge in [-0.05, 0) is 48.2 Å². The third kappa shape index (κ3) is 2.51. The van der Waals surface area contributed by atoms with Crippen LogP contribution in [0.3, 0.4) is 0 Å². The van der Waals surface area contributed by atoms with Crippen molar-refractivity contribution < 1.29 is 14.2 Å². The average Bonchev–Trinajstić information content (AvgIpc) is 2.46. The number of aliphatic hydroxyl groups is 1. The number of fused-ring (bicyclic) bond motifs is 1. The van der Waals surface area contributed by atoms with E-state index in [0.29, 0.717) is 5.56 Å². The second-order valence-corrected chi connectivity index (χ2v) is 5.29. The maximum atomic E-state index is 13.1. The van der Waals surface area contributed by atoms with Gasteiger partial charge in [-0.1, -0.05) is 23.7 Å². The molecule has 2 aromatic rings. The van der Waals surface area contributed by atoms with Crippen LogP contribution in [0.2, 0.25) is 5.02 Å². The zero-order chi connectivity index (χ0) is 14.1. The molecule has 0 saturated heterocycles. The first kappa shape index (κ1) is 13.4. The molecule has 2 aromatic carbocycles. The zero-order valence-corrected chi connectivity index (χ0v) is 11.5. The van der Waals surface area contributed by atoms with E-state index in [0.717, 1.165) is 36.3 Å². The molecule has 1 heterocycles. The molecule has 0 amide bonds. The minimum atomic E-state index is -0.865. The first-order chi connectivity index (χ1) is 9.65. The van der Waals surface area contributed by atoms with Crippen molar-refractivity contribution in [1.29, 1.82) is 0 Å². The molecule has 1 N–H and O–H groups in total. The number of hydrogen-bond acceptors (Lipinski definition) is 2. The van der Waals surface area contributed by atoms with Gasteiger partial charge in [0.05, 0.1) is 6.61 Å². The Morgan fingerprint density at radius 2 is 2.05 bits per heavy atom. The first-order valence-corrected chi connectivity index (χ1v) is 6.91. The SMILES string of the molecule is OC(c1ccc2c(c1)CCCO2)c1ccc(F)cc1Cl. The Balaban J connectivity index is 1.95. The molecule has 104 valence electrons. The third-order valence-electron chi connectivity index (χ3n) is 3.51. The molecule has 20 heavy (non-hydrogen) atoms. The Labute approximate surface area is 121 Å². The molecule has 1 unspecified atom stereocenters. The van der Waals surface area contributed by atoms with Gasteiger partial charge >= 0.3 is 0 Å². The number of ether oxygens (including phenoxy) is 1. The number of aryl methyl sites for hydroxylation is 1. The van der Waals surface area contributed by atoms with Crippen LogP contribution in [0.4, 0.5) is 4.39 Å². The lowest BCUT2D eigenvalue weighted by Gasteiger charge is -2.20. The molecule has 1 aliphatic heterocycles. The van der Waals surface area contributed by atoms with Gasteiger partial charge in [0.15, 0.2) is 0 Å². The Morgan fingerprint density at radius 3 is 2.85 bits per heavy atom. The fourth-order valence-electron chi connectivity index (χ4n) is 2.45. The number of benzene rings is 2. The van der Waals surface area contributed by atoms with Crippen molar-refractivity contribution in [2.75, 3.05) is 6.61 Å². The van der Waals surface area contributed by atoms with Crippen LogP contribution < -0.4 is 4.74 Å². The summed E-state index contributed by atoms with van der Waals surface area (Å²) in [5.74, 6) is 0.460. The molecule has 4 heteroatoms. The van der Waals surface area contributed by atoms with Crippen molar-refractivity contribution in [2.45, 2.75) is 18.9 Å². The van der Waals surface area contributed by atoms with Gasteiger partial charge in [0.25, 0.3) is 0 Å². The van der Waals surface area contributed by atoms with E-state index in [4.69, 9.17) is 16.3 Å². The predicted octanol–water partition coefficient (Wildman–Crippen LogP) is 3.89. The minimum Gasteiger partial charge on any atom is -0.493 e. The largest absolute Gasteiger partial charge is 0.493 e. The molecular formula is C16H14ClFO2. The topological polar surface area (TPSA) is 29.5 Å². The number of aliphatic hydroxyl groups excluding tert-OH is 1. The van der Waals surface area contributed by atoms with Gasteiger partial charge in [0.1, 0.15) is 17.7 Å². The van der Waals surface area contributed by atoms with Gasteiger partial charge in [-0.15, -0.1) is 0 Å². The van der Waals surface area contributed by atoms with E-state index in [1.165, 1.54) is 18.2 Å². The molecular weight excluding hydrogens is 279 g/mol. The summed E-state index contributed by atoms with van der Waals surface area (Å²) in [4.78, 5) is 0. The molecule has 1 atom stereocenters. The summed E-state index contributed by atoms with van der Waals surface area (Å²) in [5, 5.41) is 10.6. The molecule has 0 aliphatic carbocycles. The van der Waals surface area contributed by atoms with Crippen LogP contribution in [0.25, 0.3) is 0 Å². The third-order valence-corrected chi connectivity index (χ3v) is 3.83. The lowest BCUT2D eigenvalue weighted by atomic mass is 9.97. The summed E-state index contributed by atoms with van der Waals surface area (Å²) in [6.07, 6.45) is 1.05. The van der Waals surface area contributed by atoms with E-state index >= 15 is 0 Å². The van der Waals surface area contributed by atoms with Crippen LogP contribution in [0.5, 0.6) is 5.75 Å². The van der Waals surface area contributed by atoms with Gasteiger partial charge in [0.2, 0.25) is 0 Å². The maximum absolute atomic E-state index is 13.1. The molecule has 0 fully saturated rings. The Morgan fingerprint density at radius 1 is 1.20 bits per heavy atom. The fraction of sp³-hybridized carbons (Fsp3) is 0.250. The van der Waals surface area contributed by atoms with E-state index in [1.807, 2.05) is 18.2 Å². The van der Waals surface area contributed by atoms with Crippen LogP contribution in [-0.4, -0.2) is 11.7 Å². The molecule has 0 saturated carbocycles. The van der Waals surface area contributed by atoms with Crippen LogP contribution >= 0.6 is 11.6 Å². The van der Waals surface area contributed by atoms with Crippen molar-refractivity contribution in [3.8, 4) is 5.75 Å². The summed E-state index contributed by atoms with van der Waals surface area (Å²) in [5.41, 5.74) is 2.33. The second kappa shape index (κ2) is 5.43. The molecule has 0 aromatic heterocycles. The monoisotopic (exact) mass is 292 g/mol. The molecule has 3 rings (SSSR count). The number of rotatable bonds is 2. The highest BCUT2D eigenvalue weighted by Gasteiger charge is 2.17. The summed E-state index contributed by atoms with van der Waals surface area (Å²) in [6, 6.07) is 9.63. The minimum absolute atomic E-state index is 0.228. The Kier molecular flexibility index (Phi) is 3.64. The standard InChI is InChI=1S/C16H14ClFO2/c17-14-9-12(18)4-5-13(14)16(19)11-3-6-15-10(8-11)2-1-7-20-15/h3-6,8-9,16,19H,1-2,7H2.